The molecular formula is C12H12N4O4. The third-order valence-corrected chi connectivity index (χ3v) is 3.55. The molecule has 1 rings (SSSR count). The van der Waals surface area contributed by atoms with Crippen LogP contribution >= 0.6 is 0 Å². The van der Waals surface area contributed by atoms with Gasteiger partial charge in [0.25, 0.3) is 0 Å². The zero-order chi connectivity index (χ0) is 14.9. The predicted octanol–water partition coefficient (Wildman–Crippen LogP) is 0.381. The van der Waals surface area contributed by atoms with Crippen LogP contribution in [0.1, 0.15) is 25.7 Å². The van der Waals surface area contributed by atoms with Crippen LogP contribution in [0.2, 0.25) is 0 Å². The minimum absolute atomic E-state index is 0.0313. The van der Waals surface area contributed by atoms with Crippen molar-refractivity contribution in [1.82, 2.24) is 0 Å². The van der Waals surface area contributed by atoms with Gasteiger partial charge in [-0.1, -0.05) is 0 Å². The summed E-state index contributed by atoms with van der Waals surface area (Å²) in [7, 11) is 0. The van der Waals surface area contributed by atoms with Gasteiger partial charge in [-0.2, -0.15) is 9.98 Å². The second-order valence-electron chi connectivity index (χ2n) is 4.67. The predicted molar refractivity (Wildman–Crippen MR) is 66.2 cm³/mol. The highest BCUT2D eigenvalue weighted by molar-refractivity contribution is 5.39. The molecule has 0 N–H and O–H groups in total. The minimum Gasteiger partial charge on any atom is -0.211 e. The lowest BCUT2D eigenvalue weighted by molar-refractivity contribution is 0.215. The maximum absolute atomic E-state index is 10.5. The average Bonchev–Trinajstić information content (AvgIpc) is 2.47. The van der Waals surface area contributed by atoms with Crippen molar-refractivity contribution in [1.29, 1.82) is 0 Å². The zero-order valence-corrected chi connectivity index (χ0v) is 10.7. The van der Waals surface area contributed by atoms with Crippen LogP contribution in [-0.4, -0.2) is 48.5 Å². The molecule has 1 aliphatic rings. The molecule has 0 unspecified atom stereocenters. The van der Waals surface area contributed by atoms with Gasteiger partial charge >= 0.3 is 0 Å². The van der Waals surface area contributed by atoms with Gasteiger partial charge in [-0.3, -0.25) is 0 Å². The zero-order valence-electron chi connectivity index (χ0n) is 10.7. The van der Waals surface area contributed by atoms with Gasteiger partial charge in [0.1, 0.15) is 0 Å². The Morgan fingerprint density at radius 1 is 0.650 bits per heavy atom. The molecule has 8 nitrogen and oxygen atoms in total. The SMILES string of the molecule is O=C=NCC1(N=C=O)CCC(CN=C=O)(N=C=O)CC1. The van der Waals surface area contributed by atoms with Gasteiger partial charge < -0.3 is 0 Å². The van der Waals surface area contributed by atoms with Crippen LogP contribution in [0.15, 0.2) is 20.0 Å². The Labute approximate surface area is 114 Å². The molecule has 1 aliphatic carbocycles. The van der Waals surface area contributed by atoms with Crippen molar-refractivity contribution < 1.29 is 19.2 Å². The Balaban J connectivity index is 2.94. The van der Waals surface area contributed by atoms with Crippen LogP contribution in [0.5, 0.6) is 0 Å². The van der Waals surface area contributed by atoms with Gasteiger partial charge in [-0.15, -0.1) is 0 Å². The van der Waals surface area contributed by atoms with E-state index in [1.807, 2.05) is 0 Å². The van der Waals surface area contributed by atoms with E-state index in [9.17, 15) is 19.2 Å². The number of carbonyl (C=O) groups excluding carboxylic acids is 4. The second-order valence-corrected chi connectivity index (χ2v) is 4.67. The molecule has 0 aliphatic heterocycles. The van der Waals surface area contributed by atoms with E-state index in [2.05, 4.69) is 20.0 Å². The first-order valence-corrected chi connectivity index (χ1v) is 5.91. The van der Waals surface area contributed by atoms with E-state index in [1.54, 1.807) is 0 Å². The molecule has 0 aromatic carbocycles. The van der Waals surface area contributed by atoms with Crippen LogP contribution in [0.3, 0.4) is 0 Å². The fourth-order valence-electron chi connectivity index (χ4n) is 2.34. The normalized spacial score (nSPS) is 28.0. The van der Waals surface area contributed by atoms with Crippen LogP contribution in [0.25, 0.3) is 0 Å². The molecule has 0 bridgehead atoms. The third kappa shape index (κ3) is 3.75. The standard InChI is InChI=1S/C12H12N4O4/c17-7-13-5-11(15-9-19)1-2-12(4-3-11,16-10-20)6-14-8-18/h1-6H2. The molecule has 1 fully saturated rings. The van der Waals surface area contributed by atoms with Gasteiger partial charge in [0, 0.05) is 0 Å². The number of rotatable bonds is 6. The van der Waals surface area contributed by atoms with Crippen molar-refractivity contribution in [3.05, 3.63) is 0 Å². The number of hydrogen-bond donors (Lipinski definition) is 0. The number of nitrogens with zero attached hydrogens (tertiary/aromatic N) is 4. The van der Waals surface area contributed by atoms with Crippen molar-refractivity contribution in [2.24, 2.45) is 20.0 Å². The van der Waals surface area contributed by atoms with Crippen molar-refractivity contribution in [2.45, 2.75) is 36.8 Å². The molecule has 0 atom stereocenters. The van der Waals surface area contributed by atoms with Crippen molar-refractivity contribution in [3.63, 3.8) is 0 Å². The summed E-state index contributed by atoms with van der Waals surface area (Å²) >= 11 is 0. The van der Waals surface area contributed by atoms with Gasteiger partial charge in [0.05, 0.1) is 24.2 Å². The van der Waals surface area contributed by atoms with E-state index >= 15 is 0 Å². The summed E-state index contributed by atoms with van der Waals surface area (Å²) in [4.78, 5) is 55.8. The molecule has 8 heteroatoms. The molecule has 0 aromatic heterocycles. The molecule has 0 aromatic rings. The van der Waals surface area contributed by atoms with Gasteiger partial charge in [-0.05, 0) is 25.7 Å². The van der Waals surface area contributed by atoms with E-state index in [0.717, 1.165) is 0 Å². The summed E-state index contributed by atoms with van der Waals surface area (Å²) in [6, 6.07) is 0. The van der Waals surface area contributed by atoms with E-state index in [4.69, 9.17) is 0 Å². The van der Waals surface area contributed by atoms with Crippen molar-refractivity contribution in [2.75, 3.05) is 13.1 Å². The molecule has 0 spiro atoms. The molecule has 0 heterocycles. The van der Waals surface area contributed by atoms with E-state index in [1.165, 1.54) is 24.3 Å². The van der Waals surface area contributed by atoms with E-state index < -0.39 is 11.1 Å². The van der Waals surface area contributed by atoms with Gasteiger partial charge in [0.2, 0.25) is 24.3 Å². The first-order valence-electron chi connectivity index (χ1n) is 5.91. The number of hydrogen-bond acceptors (Lipinski definition) is 8. The molecule has 104 valence electrons. The third-order valence-electron chi connectivity index (χ3n) is 3.55. The van der Waals surface area contributed by atoms with Crippen LogP contribution in [-0.2, 0) is 19.2 Å². The smallest absolute Gasteiger partial charge is 0.211 e. The van der Waals surface area contributed by atoms with E-state index in [0.29, 0.717) is 25.7 Å². The summed E-state index contributed by atoms with van der Waals surface area (Å²) in [5.74, 6) is 0. The first kappa shape index (κ1) is 15.6. The number of isocyanates is 4. The molecule has 0 radical (unpaired) electrons. The molecule has 20 heavy (non-hydrogen) atoms. The quantitative estimate of drug-likeness (QED) is 0.514. The summed E-state index contributed by atoms with van der Waals surface area (Å²) < 4.78 is 0. The van der Waals surface area contributed by atoms with E-state index in [-0.39, 0.29) is 13.1 Å². The lowest BCUT2D eigenvalue weighted by atomic mass is 9.72. The lowest BCUT2D eigenvalue weighted by Crippen LogP contribution is -2.44. The summed E-state index contributed by atoms with van der Waals surface area (Å²) in [6.45, 7) is 0.0626. The molecule has 1 saturated carbocycles. The largest absolute Gasteiger partial charge is 0.235 e. The van der Waals surface area contributed by atoms with Gasteiger partial charge in [0.15, 0.2) is 0 Å². The number of aliphatic imine (C=N–C) groups is 4. The van der Waals surface area contributed by atoms with Crippen molar-refractivity contribution in [3.8, 4) is 0 Å². The Bertz CT molecular complexity index is 490. The van der Waals surface area contributed by atoms with Crippen LogP contribution < -0.4 is 0 Å². The molecular weight excluding hydrogens is 264 g/mol. The average molecular weight is 276 g/mol. The highest BCUT2D eigenvalue weighted by atomic mass is 16.1. The Morgan fingerprint density at radius 2 is 1.00 bits per heavy atom. The second kappa shape index (κ2) is 7.19. The minimum atomic E-state index is -0.827. The molecule has 0 amide bonds. The molecule has 0 saturated heterocycles. The maximum Gasteiger partial charge on any atom is 0.235 e. The first-order chi connectivity index (χ1) is 9.66. The monoisotopic (exact) mass is 276 g/mol. The topological polar surface area (TPSA) is 118 Å². The van der Waals surface area contributed by atoms with Crippen molar-refractivity contribution >= 4 is 24.3 Å². The van der Waals surface area contributed by atoms with Gasteiger partial charge in [-0.25, -0.2) is 29.2 Å². The Hall–Kier alpha value is -2.48. The fourth-order valence-corrected chi connectivity index (χ4v) is 2.34. The Morgan fingerprint density at radius 3 is 1.25 bits per heavy atom. The Kier molecular flexibility index (Phi) is 5.60. The maximum atomic E-state index is 10.5. The fraction of sp³-hybridized carbons (Fsp3) is 0.667. The highest BCUT2D eigenvalue weighted by Crippen LogP contribution is 2.39. The van der Waals surface area contributed by atoms with Crippen LogP contribution in [0.4, 0.5) is 0 Å². The summed E-state index contributed by atoms with van der Waals surface area (Å²) in [5.41, 5.74) is -1.65. The highest BCUT2D eigenvalue weighted by Gasteiger charge is 2.43. The lowest BCUT2D eigenvalue weighted by Gasteiger charge is -2.39. The van der Waals surface area contributed by atoms with Crippen LogP contribution in [0, 0.1) is 0 Å². The summed E-state index contributed by atoms with van der Waals surface area (Å²) in [6.07, 6.45) is 7.25. The summed E-state index contributed by atoms with van der Waals surface area (Å²) in [5, 5.41) is 0.